The van der Waals surface area contributed by atoms with Crippen molar-refractivity contribution < 1.29 is 29.1 Å². The number of aliphatic carboxylic acids is 1. The molecule has 0 radical (unpaired) electrons. The number of benzene rings is 3. The smallest absolute Gasteiger partial charge is 0.328 e. The summed E-state index contributed by atoms with van der Waals surface area (Å²) in [4.78, 5) is 55.5. The molecule has 3 aromatic rings. The molecule has 1 heterocycles. The van der Waals surface area contributed by atoms with E-state index in [2.05, 4.69) is 0 Å². The lowest BCUT2D eigenvalue weighted by Gasteiger charge is -2.12. The number of carboxylic acids is 1. The van der Waals surface area contributed by atoms with Gasteiger partial charge in [0.15, 0.2) is 11.6 Å². The quantitative estimate of drug-likeness (QED) is 0.256. The van der Waals surface area contributed by atoms with Crippen molar-refractivity contribution in [2.24, 2.45) is 0 Å². The van der Waals surface area contributed by atoms with Gasteiger partial charge in [0, 0.05) is 30.2 Å². The molecule has 0 unspecified atom stereocenters. The minimum absolute atomic E-state index is 0. The predicted molar refractivity (Wildman–Crippen MR) is 150 cm³/mol. The fourth-order valence-corrected chi connectivity index (χ4v) is 2.92. The largest absolute Gasteiger partial charge is 0.478 e. The molecule has 1 N–H and O–H groups in total. The molecule has 0 aliphatic carbocycles. The number of carbonyl (C=O) groups is 5. The molecular weight excluding hydrogens is 482 g/mol. The van der Waals surface area contributed by atoms with Crippen LogP contribution in [0.5, 0.6) is 0 Å². The number of amides is 2. The molecule has 0 aromatic heterocycles. The SMILES string of the molecule is C.C.CC(=O)c1ccccc1.O=C(O)/C=C\C(=O)Cc1ccccc1.O=C1C=CC(=O)N1c1ccccc1. The van der Waals surface area contributed by atoms with Crippen molar-refractivity contribution in [3.8, 4) is 0 Å². The van der Waals surface area contributed by atoms with E-state index in [1.165, 1.54) is 12.2 Å². The summed E-state index contributed by atoms with van der Waals surface area (Å²) in [6.07, 6.45) is 4.72. The molecular formula is C31H33NO6. The summed E-state index contributed by atoms with van der Waals surface area (Å²) in [5, 5.41) is 8.29. The molecule has 0 fully saturated rings. The van der Waals surface area contributed by atoms with E-state index in [0.29, 0.717) is 5.69 Å². The number of carbonyl (C=O) groups excluding carboxylic acids is 4. The maximum Gasteiger partial charge on any atom is 0.328 e. The number of carboxylic acid groups (broad SMARTS) is 1. The first-order valence-electron chi connectivity index (χ1n) is 10.9. The molecule has 2 amide bonds. The highest BCUT2D eigenvalue weighted by atomic mass is 16.4. The molecule has 7 nitrogen and oxygen atoms in total. The molecule has 0 saturated heterocycles. The van der Waals surface area contributed by atoms with Crippen LogP contribution in [0.4, 0.5) is 5.69 Å². The van der Waals surface area contributed by atoms with Crippen molar-refractivity contribution in [3.05, 3.63) is 126 Å². The summed E-state index contributed by atoms with van der Waals surface area (Å²) in [5.41, 5.74) is 2.27. The molecule has 38 heavy (non-hydrogen) atoms. The van der Waals surface area contributed by atoms with Crippen LogP contribution in [0.1, 0.15) is 37.7 Å². The molecule has 0 bridgehead atoms. The van der Waals surface area contributed by atoms with Gasteiger partial charge < -0.3 is 5.11 Å². The van der Waals surface area contributed by atoms with Crippen LogP contribution in [-0.4, -0.2) is 34.5 Å². The van der Waals surface area contributed by atoms with Crippen molar-refractivity contribution in [1.29, 1.82) is 0 Å². The molecule has 1 aliphatic rings. The summed E-state index contributed by atoms with van der Waals surface area (Å²) in [6, 6.07) is 27.3. The lowest BCUT2D eigenvalue weighted by Crippen LogP contribution is -2.29. The van der Waals surface area contributed by atoms with Crippen LogP contribution in [0.15, 0.2) is 115 Å². The normalized spacial score (nSPS) is 11.2. The van der Waals surface area contributed by atoms with E-state index in [1.807, 2.05) is 66.7 Å². The van der Waals surface area contributed by atoms with Crippen molar-refractivity contribution >= 4 is 35.0 Å². The number of nitrogens with zero attached hydrogens (tertiary/aromatic N) is 1. The molecule has 1 aliphatic heterocycles. The summed E-state index contributed by atoms with van der Waals surface area (Å²) in [5.74, 6) is -1.76. The number of Topliss-reactive ketones (excluding diaryl/α,β-unsaturated/α-hetero) is 1. The molecule has 0 spiro atoms. The Morgan fingerprint density at radius 1 is 0.711 bits per heavy atom. The first-order chi connectivity index (χ1) is 17.3. The first kappa shape index (κ1) is 33.1. The topological polar surface area (TPSA) is 109 Å². The van der Waals surface area contributed by atoms with E-state index in [4.69, 9.17) is 5.11 Å². The summed E-state index contributed by atoms with van der Waals surface area (Å²) < 4.78 is 0. The van der Waals surface area contributed by atoms with Crippen molar-refractivity contribution in [3.63, 3.8) is 0 Å². The van der Waals surface area contributed by atoms with Crippen LogP contribution < -0.4 is 4.90 Å². The van der Waals surface area contributed by atoms with Gasteiger partial charge >= 0.3 is 5.97 Å². The van der Waals surface area contributed by atoms with Crippen LogP contribution in [0, 0.1) is 0 Å². The number of imide groups is 1. The lowest BCUT2D eigenvalue weighted by atomic mass is 10.1. The summed E-state index contributed by atoms with van der Waals surface area (Å²) in [7, 11) is 0. The average molecular weight is 516 g/mol. The van der Waals surface area contributed by atoms with E-state index >= 15 is 0 Å². The molecule has 3 aromatic carbocycles. The van der Waals surface area contributed by atoms with Gasteiger partial charge in [0.2, 0.25) is 0 Å². The van der Waals surface area contributed by atoms with E-state index in [9.17, 15) is 24.0 Å². The third kappa shape index (κ3) is 11.7. The highest BCUT2D eigenvalue weighted by Crippen LogP contribution is 2.17. The maximum atomic E-state index is 11.2. The van der Waals surface area contributed by atoms with Crippen LogP contribution >= 0.6 is 0 Å². The molecule has 4 rings (SSSR count). The van der Waals surface area contributed by atoms with Gasteiger partial charge in [-0.05, 0) is 30.7 Å². The number of allylic oxidation sites excluding steroid dienone is 1. The van der Waals surface area contributed by atoms with Gasteiger partial charge in [-0.1, -0.05) is 93.7 Å². The Hall–Kier alpha value is -4.91. The predicted octanol–water partition coefficient (Wildman–Crippen LogP) is 5.72. The van der Waals surface area contributed by atoms with Crippen LogP contribution in [0.3, 0.4) is 0 Å². The highest BCUT2D eigenvalue weighted by Gasteiger charge is 2.24. The Labute approximate surface area is 223 Å². The van der Waals surface area contributed by atoms with Crippen LogP contribution in [0.25, 0.3) is 0 Å². The highest BCUT2D eigenvalue weighted by molar-refractivity contribution is 6.28. The second-order valence-electron chi connectivity index (χ2n) is 7.40. The van der Waals surface area contributed by atoms with E-state index < -0.39 is 5.97 Å². The molecule has 0 atom stereocenters. The summed E-state index contributed by atoms with van der Waals surface area (Å²) in [6.45, 7) is 1.56. The van der Waals surface area contributed by atoms with Gasteiger partial charge in [-0.2, -0.15) is 0 Å². The van der Waals surface area contributed by atoms with E-state index in [0.717, 1.165) is 28.2 Å². The fraction of sp³-hybridized carbons (Fsp3) is 0.129. The Morgan fingerprint density at radius 2 is 1.16 bits per heavy atom. The van der Waals surface area contributed by atoms with Gasteiger partial charge in [-0.25, -0.2) is 9.69 Å². The van der Waals surface area contributed by atoms with E-state index in [1.54, 1.807) is 31.2 Å². The molecule has 7 heteroatoms. The number of hydrogen-bond donors (Lipinski definition) is 1. The zero-order chi connectivity index (χ0) is 26.3. The van der Waals surface area contributed by atoms with Crippen LogP contribution in [0.2, 0.25) is 0 Å². The summed E-state index contributed by atoms with van der Waals surface area (Å²) >= 11 is 0. The Bertz CT molecular complexity index is 1230. The standard InChI is InChI=1S/C11H10O3.C10H7NO2.C8H8O.2CH4/c12-10(6-7-11(13)14)8-9-4-2-1-3-5-9;12-9-6-7-10(13)11(9)8-4-2-1-3-5-8;1-7(9)8-5-3-2-4-6-8;;/h1-7H,8H2,(H,13,14);1-7H;2-6H,1H3;2*1H4/b7-6-;;;;. The molecule has 0 saturated carbocycles. The van der Waals surface area contributed by atoms with Gasteiger partial charge in [-0.15, -0.1) is 0 Å². The van der Waals surface area contributed by atoms with Gasteiger partial charge in [0.1, 0.15) is 0 Å². The number of hydrogen-bond acceptors (Lipinski definition) is 5. The second kappa shape index (κ2) is 17.5. The Balaban J connectivity index is 0.000000538. The second-order valence-corrected chi connectivity index (χ2v) is 7.40. The Kier molecular flexibility index (Phi) is 15.2. The zero-order valence-electron chi connectivity index (χ0n) is 19.6. The maximum absolute atomic E-state index is 11.2. The fourth-order valence-electron chi connectivity index (χ4n) is 2.92. The van der Waals surface area contributed by atoms with E-state index in [-0.39, 0.29) is 44.7 Å². The third-order valence-corrected chi connectivity index (χ3v) is 4.64. The van der Waals surface area contributed by atoms with Gasteiger partial charge in [0.05, 0.1) is 5.69 Å². The number of ketones is 2. The minimum Gasteiger partial charge on any atom is -0.478 e. The minimum atomic E-state index is -1.11. The Morgan fingerprint density at radius 3 is 1.58 bits per heavy atom. The van der Waals surface area contributed by atoms with Crippen molar-refractivity contribution in [2.75, 3.05) is 4.90 Å². The van der Waals surface area contributed by atoms with Crippen molar-refractivity contribution in [1.82, 2.24) is 0 Å². The molecule has 198 valence electrons. The van der Waals surface area contributed by atoms with Gasteiger partial charge in [-0.3, -0.25) is 19.2 Å². The van der Waals surface area contributed by atoms with Crippen molar-refractivity contribution in [2.45, 2.75) is 28.2 Å². The third-order valence-electron chi connectivity index (χ3n) is 4.64. The number of para-hydroxylation sites is 1. The first-order valence-corrected chi connectivity index (χ1v) is 10.9. The number of anilines is 1. The average Bonchev–Trinajstić information content (AvgIpc) is 3.23. The lowest BCUT2D eigenvalue weighted by molar-refractivity contribution is -0.131. The zero-order valence-corrected chi connectivity index (χ0v) is 19.6. The van der Waals surface area contributed by atoms with Gasteiger partial charge in [0.25, 0.3) is 11.8 Å². The van der Waals surface area contributed by atoms with Crippen LogP contribution in [-0.2, 0) is 25.6 Å². The number of rotatable bonds is 6. The monoisotopic (exact) mass is 515 g/mol.